The van der Waals surface area contributed by atoms with Crippen molar-refractivity contribution in [3.63, 3.8) is 0 Å². The molecule has 0 unspecified atom stereocenters. The van der Waals surface area contributed by atoms with Crippen LogP contribution in [-0.2, 0) is 0 Å². The predicted molar refractivity (Wildman–Crippen MR) is 220 cm³/mol. The summed E-state index contributed by atoms with van der Waals surface area (Å²) in [6.45, 7) is 0. The van der Waals surface area contributed by atoms with Gasteiger partial charge in [0.2, 0.25) is 0 Å². The van der Waals surface area contributed by atoms with Crippen molar-refractivity contribution in [1.29, 1.82) is 0 Å². The van der Waals surface area contributed by atoms with Crippen LogP contribution in [0.1, 0.15) is 0 Å². The van der Waals surface area contributed by atoms with E-state index in [9.17, 15) is 0 Å². The lowest BCUT2D eigenvalue weighted by atomic mass is 9.92. The first-order valence-electron chi connectivity index (χ1n) is 17.8. The van der Waals surface area contributed by atoms with Crippen molar-refractivity contribution in [3.8, 4) is 33.4 Å². The van der Waals surface area contributed by atoms with Gasteiger partial charge >= 0.3 is 0 Å². The Hall–Kier alpha value is -6.90. The molecule has 0 aliphatic heterocycles. The number of hydrogen-bond acceptors (Lipinski definition) is 2. The average molecular weight is 664 g/mol. The highest BCUT2D eigenvalue weighted by Crippen LogP contribution is 2.47. The first-order valence-corrected chi connectivity index (χ1v) is 17.8. The molecule has 0 aliphatic carbocycles. The second kappa shape index (κ2) is 12.5. The monoisotopic (exact) mass is 663 g/mol. The Labute approximate surface area is 302 Å². The molecule has 1 heterocycles. The van der Waals surface area contributed by atoms with E-state index in [1.165, 1.54) is 54.9 Å². The zero-order valence-corrected chi connectivity index (χ0v) is 28.4. The van der Waals surface area contributed by atoms with Crippen LogP contribution in [0.5, 0.6) is 0 Å². The van der Waals surface area contributed by atoms with Crippen LogP contribution in [-0.4, -0.2) is 0 Å². The molecule has 0 spiro atoms. The second-order valence-electron chi connectivity index (χ2n) is 13.3. The molecule has 0 fully saturated rings. The van der Waals surface area contributed by atoms with Gasteiger partial charge in [0.1, 0.15) is 11.2 Å². The molecule has 0 bridgehead atoms. The van der Waals surface area contributed by atoms with Gasteiger partial charge in [-0.25, -0.2) is 0 Å². The molecule has 0 radical (unpaired) electrons. The van der Waals surface area contributed by atoms with E-state index in [1.807, 2.05) is 0 Å². The first-order chi connectivity index (χ1) is 25.8. The third-order valence-corrected chi connectivity index (χ3v) is 10.3. The lowest BCUT2D eigenvalue weighted by Crippen LogP contribution is -2.10. The average Bonchev–Trinajstić information content (AvgIpc) is 3.61. The Bertz CT molecular complexity index is 2870. The summed E-state index contributed by atoms with van der Waals surface area (Å²) < 4.78 is 6.79. The quantitative estimate of drug-likeness (QED) is 0.176. The Kier molecular flexibility index (Phi) is 7.18. The zero-order chi connectivity index (χ0) is 34.4. The molecular weight excluding hydrogens is 631 g/mol. The maximum absolute atomic E-state index is 6.79. The summed E-state index contributed by atoms with van der Waals surface area (Å²) >= 11 is 0. The van der Waals surface area contributed by atoms with Crippen molar-refractivity contribution in [2.75, 3.05) is 4.90 Å². The highest BCUT2D eigenvalue weighted by molar-refractivity contribution is 6.26. The van der Waals surface area contributed by atoms with Gasteiger partial charge in [0.15, 0.2) is 0 Å². The lowest BCUT2D eigenvalue weighted by Gasteiger charge is -2.26. The van der Waals surface area contributed by atoms with E-state index in [2.05, 4.69) is 205 Å². The zero-order valence-electron chi connectivity index (χ0n) is 28.4. The van der Waals surface area contributed by atoms with E-state index < -0.39 is 0 Å². The number of hydrogen-bond donors (Lipinski definition) is 0. The molecule has 9 aromatic carbocycles. The van der Waals surface area contributed by atoms with Crippen molar-refractivity contribution in [2.24, 2.45) is 0 Å². The smallest absolute Gasteiger partial charge is 0.137 e. The van der Waals surface area contributed by atoms with Gasteiger partial charge in [-0.3, -0.25) is 0 Å². The third-order valence-electron chi connectivity index (χ3n) is 10.3. The fourth-order valence-electron chi connectivity index (χ4n) is 7.82. The summed E-state index contributed by atoms with van der Waals surface area (Å²) in [5, 5.41) is 7.07. The number of para-hydroxylation sites is 1. The van der Waals surface area contributed by atoms with Gasteiger partial charge in [0.25, 0.3) is 0 Å². The van der Waals surface area contributed by atoms with E-state index in [0.29, 0.717) is 0 Å². The summed E-state index contributed by atoms with van der Waals surface area (Å²) in [6, 6.07) is 71.5. The summed E-state index contributed by atoms with van der Waals surface area (Å²) in [5.41, 5.74) is 12.2. The number of nitrogens with zero attached hydrogens (tertiary/aromatic N) is 1. The van der Waals surface area contributed by atoms with Gasteiger partial charge < -0.3 is 9.32 Å². The van der Waals surface area contributed by atoms with Gasteiger partial charge in [0.05, 0.1) is 11.1 Å². The molecular formula is C50H33NO. The van der Waals surface area contributed by atoms with Gasteiger partial charge in [-0.1, -0.05) is 158 Å². The van der Waals surface area contributed by atoms with E-state index in [0.717, 1.165) is 39.0 Å². The van der Waals surface area contributed by atoms with Crippen molar-refractivity contribution in [1.82, 2.24) is 0 Å². The maximum atomic E-state index is 6.79. The Morgan fingerprint density at radius 2 is 0.865 bits per heavy atom. The van der Waals surface area contributed by atoms with Gasteiger partial charge in [-0.05, 0) is 97.4 Å². The molecule has 244 valence electrons. The summed E-state index contributed by atoms with van der Waals surface area (Å²) in [5.74, 6) is 0. The molecule has 0 saturated heterocycles. The molecule has 52 heavy (non-hydrogen) atoms. The Balaban J connectivity index is 1.14. The van der Waals surface area contributed by atoms with Crippen LogP contribution in [0.3, 0.4) is 0 Å². The van der Waals surface area contributed by atoms with Gasteiger partial charge in [-0.15, -0.1) is 0 Å². The normalized spacial score (nSPS) is 11.5. The van der Waals surface area contributed by atoms with Crippen molar-refractivity contribution in [2.45, 2.75) is 0 Å². The van der Waals surface area contributed by atoms with Crippen LogP contribution in [0.4, 0.5) is 17.1 Å². The van der Waals surface area contributed by atoms with Gasteiger partial charge in [-0.2, -0.15) is 0 Å². The highest BCUT2D eigenvalue weighted by Gasteiger charge is 2.22. The maximum Gasteiger partial charge on any atom is 0.137 e. The fourth-order valence-corrected chi connectivity index (χ4v) is 7.82. The van der Waals surface area contributed by atoms with E-state index >= 15 is 0 Å². The minimum Gasteiger partial charge on any atom is -0.456 e. The molecule has 10 rings (SSSR count). The van der Waals surface area contributed by atoms with Crippen LogP contribution < -0.4 is 4.90 Å². The first kappa shape index (κ1) is 30.0. The van der Waals surface area contributed by atoms with E-state index in [4.69, 9.17) is 4.42 Å². The highest BCUT2D eigenvalue weighted by atomic mass is 16.3. The Morgan fingerprint density at radius 1 is 0.327 bits per heavy atom. The van der Waals surface area contributed by atoms with Crippen LogP contribution in [0.2, 0.25) is 0 Å². The molecule has 0 N–H and O–H groups in total. The minimum atomic E-state index is 0.865. The van der Waals surface area contributed by atoms with Crippen molar-refractivity contribution >= 4 is 60.5 Å². The molecule has 1 aromatic heterocycles. The number of rotatable bonds is 6. The molecule has 0 atom stereocenters. The molecule has 2 nitrogen and oxygen atoms in total. The lowest BCUT2D eigenvalue weighted by molar-refractivity contribution is 0.669. The third kappa shape index (κ3) is 5.04. The second-order valence-corrected chi connectivity index (χ2v) is 13.3. The number of anilines is 3. The van der Waals surface area contributed by atoms with Crippen LogP contribution >= 0.6 is 0 Å². The summed E-state index contributed by atoms with van der Waals surface area (Å²) in [7, 11) is 0. The van der Waals surface area contributed by atoms with Crippen LogP contribution in [0.25, 0.3) is 76.9 Å². The Morgan fingerprint density at radius 3 is 1.60 bits per heavy atom. The molecule has 0 aliphatic rings. The minimum absolute atomic E-state index is 0.865. The predicted octanol–water partition coefficient (Wildman–Crippen LogP) is 14.4. The number of furan rings is 1. The van der Waals surface area contributed by atoms with Crippen LogP contribution in [0.15, 0.2) is 205 Å². The molecule has 2 heteroatoms. The van der Waals surface area contributed by atoms with E-state index in [-0.39, 0.29) is 0 Å². The van der Waals surface area contributed by atoms with E-state index in [1.54, 1.807) is 0 Å². The SMILES string of the molecule is c1ccc(-c2ccc(-c3ccc(N(c4ccccc4)c4cccc5oc6cc(-c7cccc8ccccc78)c7ccccc7c6c45)cc3)cc2)cc1. The molecule has 0 saturated carbocycles. The van der Waals surface area contributed by atoms with Crippen LogP contribution in [0, 0.1) is 0 Å². The topological polar surface area (TPSA) is 16.4 Å². The summed E-state index contributed by atoms with van der Waals surface area (Å²) in [6.07, 6.45) is 0. The van der Waals surface area contributed by atoms with Gasteiger partial charge in [0, 0.05) is 16.8 Å². The van der Waals surface area contributed by atoms with Crippen molar-refractivity contribution in [3.05, 3.63) is 200 Å². The largest absolute Gasteiger partial charge is 0.456 e. The molecule has 0 amide bonds. The van der Waals surface area contributed by atoms with Crippen molar-refractivity contribution < 1.29 is 4.42 Å². The number of fused-ring (bicyclic) bond motifs is 6. The fraction of sp³-hybridized carbons (Fsp3) is 0. The molecule has 10 aromatic rings. The standard InChI is InChI=1S/C50H33NO/c1-3-13-34(14-4-1)35-25-27-36(28-26-35)37-29-31-40(32-30-37)51(39-17-5-2-6-18-39)46-23-12-24-47-50(46)49-44-21-10-9-20-43(44)45(33-48(49)52-47)42-22-11-16-38-15-7-8-19-41(38)42/h1-33H. The summed E-state index contributed by atoms with van der Waals surface area (Å²) in [4.78, 5) is 2.35. The number of benzene rings is 9.